The molecule has 1 aromatic carbocycles. The zero-order valence-corrected chi connectivity index (χ0v) is 21.9. The minimum Gasteiger partial charge on any atom is -0.344 e. The molecule has 3 heterocycles. The van der Waals surface area contributed by atoms with E-state index in [2.05, 4.69) is 6.92 Å². The highest BCUT2D eigenvalue weighted by Crippen LogP contribution is 2.29. The average Bonchev–Trinajstić information content (AvgIpc) is 3.19. The van der Waals surface area contributed by atoms with E-state index in [1.807, 2.05) is 4.90 Å². The second kappa shape index (κ2) is 9.99. The molecule has 35 heavy (non-hydrogen) atoms. The van der Waals surface area contributed by atoms with E-state index in [0.717, 1.165) is 41.6 Å². The largest absolute Gasteiger partial charge is 0.344 e. The fourth-order valence-corrected chi connectivity index (χ4v) is 6.13. The smallest absolute Gasteiger partial charge is 0.337 e. The molecule has 4 rings (SSSR count). The number of nitrogens with zero attached hydrogens (tertiary/aromatic N) is 4. The summed E-state index contributed by atoms with van der Waals surface area (Å²) in [6.45, 7) is 4.22. The molecule has 0 N–H and O–H groups in total. The van der Waals surface area contributed by atoms with Crippen molar-refractivity contribution in [2.45, 2.75) is 52.1 Å². The second-order valence-corrected chi connectivity index (χ2v) is 10.5. The monoisotopic (exact) mass is 516 g/mol. The van der Waals surface area contributed by atoms with Gasteiger partial charge in [-0.05, 0) is 62.4 Å². The summed E-state index contributed by atoms with van der Waals surface area (Å²) in [5.41, 5.74) is -0.287. The maximum Gasteiger partial charge on any atom is 0.337 e. The van der Waals surface area contributed by atoms with Gasteiger partial charge < -0.3 is 9.80 Å². The Morgan fingerprint density at radius 2 is 1.83 bits per heavy atom. The highest BCUT2D eigenvalue weighted by Gasteiger charge is 2.29. The fourth-order valence-electron chi connectivity index (χ4n) is 4.69. The lowest BCUT2D eigenvalue weighted by atomic mass is 10.00. The van der Waals surface area contributed by atoms with E-state index in [4.69, 9.17) is 11.6 Å². The molecule has 1 aliphatic rings. The predicted molar refractivity (Wildman–Crippen MR) is 139 cm³/mol. The van der Waals surface area contributed by atoms with Gasteiger partial charge in [0.1, 0.15) is 11.4 Å². The van der Waals surface area contributed by atoms with E-state index >= 15 is 0 Å². The van der Waals surface area contributed by atoms with Crippen LogP contribution in [0.5, 0.6) is 0 Å². The maximum atomic E-state index is 13.7. The maximum absolute atomic E-state index is 13.7. The van der Waals surface area contributed by atoms with Gasteiger partial charge >= 0.3 is 5.69 Å². The first-order valence-corrected chi connectivity index (χ1v) is 12.9. The molecule has 8 nitrogen and oxygen atoms in total. The summed E-state index contributed by atoms with van der Waals surface area (Å²) in [6, 6.07) is 6.52. The summed E-state index contributed by atoms with van der Waals surface area (Å²) in [5, 5.41) is 0.743. The van der Waals surface area contributed by atoms with E-state index in [1.54, 1.807) is 45.3 Å². The van der Waals surface area contributed by atoms with Gasteiger partial charge in [-0.2, -0.15) is 0 Å². The molecule has 0 radical (unpaired) electrons. The third-order valence-electron chi connectivity index (χ3n) is 6.61. The lowest BCUT2D eigenvalue weighted by Gasteiger charge is -2.35. The van der Waals surface area contributed by atoms with Crippen LogP contribution in [0.3, 0.4) is 0 Å². The molecule has 0 spiro atoms. The van der Waals surface area contributed by atoms with E-state index in [0.29, 0.717) is 32.5 Å². The first-order chi connectivity index (χ1) is 16.6. The van der Waals surface area contributed by atoms with Crippen LogP contribution in [0.1, 0.15) is 47.8 Å². The Balaban J connectivity index is 1.95. The number of thiophene rings is 1. The second-order valence-electron chi connectivity index (χ2n) is 9.07. The number of hydrogen-bond acceptors (Lipinski definition) is 5. The first-order valence-electron chi connectivity index (χ1n) is 11.7. The number of aromatic nitrogens is 2. The molecule has 10 heteroatoms. The van der Waals surface area contributed by atoms with Gasteiger partial charge in [-0.1, -0.05) is 18.5 Å². The summed E-state index contributed by atoms with van der Waals surface area (Å²) >= 11 is 7.10. The zero-order valence-electron chi connectivity index (χ0n) is 20.3. The van der Waals surface area contributed by atoms with Crippen LogP contribution in [0.15, 0.2) is 33.9 Å². The average molecular weight is 517 g/mol. The molecule has 0 bridgehead atoms. The van der Waals surface area contributed by atoms with Crippen molar-refractivity contribution in [2.24, 2.45) is 0 Å². The summed E-state index contributed by atoms with van der Waals surface area (Å²) in [6.07, 6.45) is 3.79. The van der Waals surface area contributed by atoms with E-state index in [1.165, 1.54) is 9.47 Å². The third kappa shape index (κ3) is 4.54. The lowest BCUT2D eigenvalue weighted by molar-refractivity contribution is -0.135. The number of halogens is 1. The van der Waals surface area contributed by atoms with E-state index in [-0.39, 0.29) is 29.8 Å². The molecule has 186 valence electrons. The molecule has 1 atom stereocenters. The molecule has 1 fully saturated rings. The van der Waals surface area contributed by atoms with Crippen molar-refractivity contribution in [1.29, 1.82) is 0 Å². The Bertz CT molecular complexity index is 1400. The Morgan fingerprint density at radius 1 is 1.14 bits per heavy atom. The van der Waals surface area contributed by atoms with Crippen LogP contribution in [0.2, 0.25) is 5.02 Å². The van der Waals surface area contributed by atoms with Crippen molar-refractivity contribution >= 4 is 45.0 Å². The van der Waals surface area contributed by atoms with Crippen LogP contribution in [0, 0.1) is 6.92 Å². The topological polar surface area (TPSA) is 84.6 Å². The van der Waals surface area contributed by atoms with Crippen LogP contribution >= 0.6 is 22.9 Å². The number of carbonyl (C=O) groups is 2. The molecule has 3 aromatic rings. The van der Waals surface area contributed by atoms with Crippen molar-refractivity contribution in [3.63, 3.8) is 0 Å². The Kier molecular flexibility index (Phi) is 7.19. The fraction of sp³-hybridized carbons (Fsp3) is 0.440. The predicted octanol–water partition coefficient (Wildman–Crippen LogP) is 3.67. The molecule has 0 unspecified atom stereocenters. The van der Waals surface area contributed by atoms with Gasteiger partial charge in [0.05, 0.1) is 16.0 Å². The number of benzene rings is 1. The Labute approximate surface area is 212 Å². The van der Waals surface area contributed by atoms with Crippen LogP contribution < -0.4 is 11.2 Å². The summed E-state index contributed by atoms with van der Waals surface area (Å²) in [4.78, 5) is 57.6. The molecular weight excluding hydrogens is 488 g/mol. The quantitative estimate of drug-likeness (QED) is 0.518. The van der Waals surface area contributed by atoms with Crippen molar-refractivity contribution in [2.75, 3.05) is 20.6 Å². The zero-order chi connectivity index (χ0) is 25.4. The summed E-state index contributed by atoms with van der Waals surface area (Å²) in [7, 11) is 3.27. The summed E-state index contributed by atoms with van der Waals surface area (Å²) < 4.78 is 2.40. The third-order valence-corrected chi connectivity index (χ3v) is 8.16. The normalized spacial score (nSPS) is 16.0. The van der Waals surface area contributed by atoms with Gasteiger partial charge in [0.25, 0.3) is 11.5 Å². The minimum atomic E-state index is -0.617. The van der Waals surface area contributed by atoms with Crippen LogP contribution in [0.4, 0.5) is 0 Å². The molecule has 1 saturated heterocycles. The first kappa shape index (κ1) is 25.2. The molecule has 0 saturated carbocycles. The number of fused-ring (bicyclic) bond motifs is 1. The number of aryl methyl sites for hydroxylation is 1. The molecule has 2 amide bonds. The van der Waals surface area contributed by atoms with Crippen molar-refractivity contribution in [3.8, 4) is 5.69 Å². The van der Waals surface area contributed by atoms with Gasteiger partial charge in [-0.15, -0.1) is 11.3 Å². The van der Waals surface area contributed by atoms with Crippen LogP contribution in [0.25, 0.3) is 15.9 Å². The highest BCUT2D eigenvalue weighted by atomic mass is 35.5. The molecular formula is C25H29ClN4O4S. The van der Waals surface area contributed by atoms with Crippen molar-refractivity contribution in [1.82, 2.24) is 18.9 Å². The van der Waals surface area contributed by atoms with E-state index in [9.17, 15) is 19.2 Å². The number of rotatable bonds is 5. The standard InChI is InChI=1S/C25H29ClN4O4S/c1-5-17-8-6-7-13-28(17)19(31)14-29-24-20(15(2)21(35-24)23(33)27(3)4)22(32)30(25(29)34)18-11-9-16(26)10-12-18/h9-12,17H,5-8,13-14H2,1-4H3/t17-/m1/s1. The summed E-state index contributed by atoms with van der Waals surface area (Å²) in [5.74, 6) is -0.415. The lowest BCUT2D eigenvalue weighted by Crippen LogP contribution is -2.47. The van der Waals surface area contributed by atoms with Gasteiger partial charge in [-0.3, -0.25) is 19.0 Å². The molecule has 1 aliphatic heterocycles. The van der Waals surface area contributed by atoms with Gasteiger partial charge in [0.2, 0.25) is 5.91 Å². The van der Waals surface area contributed by atoms with Crippen molar-refractivity contribution in [3.05, 3.63) is 60.6 Å². The number of likely N-dealkylation sites (tertiary alicyclic amines) is 1. The van der Waals surface area contributed by atoms with Crippen molar-refractivity contribution < 1.29 is 9.59 Å². The number of hydrogen-bond donors (Lipinski definition) is 0. The van der Waals surface area contributed by atoms with E-state index < -0.39 is 11.2 Å². The van der Waals surface area contributed by atoms with Gasteiger partial charge in [0, 0.05) is 31.7 Å². The van der Waals surface area contributed by atoms with Crippen LogP contribution in [-0.4, -0.2) is 57.4 Å². The molecule has 2 aromatic heterocycles. The minimum absolute atomic E-state index is 0.139. The van der Waals surface area contributed by atoms with Crippen LogP contribution in [-0.2, 0) is 11.3 Å². The Hall–Kier alpha value is -2.91. The SMILES string of the molecule is CC[C@@H]1CCCCN1C(=O)Cn1c(=O)n(-c2ccc(Cl)cc2)c(=O)c2c(C)c(C(=O)N(C)C)sc21. The Morgan fingerprint density at radius 3 is 2.46 bits per heavy atom. The molecule has 0 aliphatic carbocycles. The highest BCUT2D eigenvalue weighted by molar-refractivity contribution is 7.20. The number of piperidine rings is 1. The van der Waals surface area contributed by atoms with Gasteiger partial charge in [0.15, 0.2) is 0 Å². The van der Waals surface area contributed by atoms with Gasteiger partial charge in [-0.25, -0.2) is 9.36 Å². The number of amides is 2. The number of carbonyl (C=O) groups excluding carboxylic acids is 2.